The fourth-order valence-electron chi connectivity index (χ4n) is 5.11. The number of nitrogens with one attached hydrogen (secondary N) is 2. The molecule has 2 heterocycles. The smallest absolute Gasteiger partial charge is 0.410 e. The summed E-state index contributed by atoms with van der Waals surface area (Å²) in [4.78, 5) is 52.3. The normalized spacial score (nSPS) is 12.3. The lowest BCUT2D eigenvalue weighted by Gasteiger charge is -2.29. The molecule has 0 bridgehead atoms. The van der Waals surface area contributed by atoms with E-state index in [2.05, 4.69) is 20.8 Å². The highest BCUT2D eigenvalue weighted by atomic mass is 16.6. The van der Waals surface area contributed by atoms with Crippen molar-refractivity contribution in [3.05, 3.63) is 96.1 Å². The van der Waals surface area contributed by atoms with Gasteiger partial charge in [-0.1, -0.05) is 38.1 Å². The van der Waals surface area contributed by atoms with Crippen LogP contribution in [0.4, 0.5) is 9.59 Å². The second-order valence-electron chi connectivity index (χ2n) is 10.5. The van der Waals surface area contributed by atoms with Gasteiger partial charge in [-0.2, -0.15) is 5.01 Å². The Labute approximate surface area is 263 Å². The van der Waals surface area contributed by atoms with Gasteiger partial charge in [0.2, 0.25) is 0 Å². The van der Waals surface area contributed by atoms with Crippen molar-refractivity contribution >= 4 is 34.8 Å². The largest absolute Gasteiger partial charge is 0.412 e. The highest BCUT2D eigenvalue weighted by Crippen LogP contribution is 2.34. The quantitative estimate of drug-likeness (QED) is 0.200. The maximum absolute atomic E-state index is 14.1. The van der Waals surface area contributed by atoms with Crippen LogP contribution in [0.1, 0.15) is 47.4 Å². The van der Waals surface area contributed by atoms with Crippen LogP contribution in [0.3, 0.4) is 0 Å². The van der Waals surface area contributed by atoms with Crippen LogP contribution >= 0.6 is 0 Å². The number of imide groups is 1. The number of amides is 4. The van der Waals surface area contributed by atoms with Crippen molar-refractivity contribution in [1.82, 2.24) is 25.5 Å². The van der Waals surface area contributed by atoms with Crippen LogP contribution in [-0.4, -0.2) is 52.0 Å². The van der Waals surface area contributed by atoms with Crippen molar-refractivity contribution in [1.29, 1.82) is 0 Å². The average Bonchev–Trinajstić information content (AvgIpc) is 3.50. The minimum absolute atomic E-state index is 0.199. The molecule has 0 saturated heterocycles. The molecule has 0 aliphatic carbocycles. The number of ether oxygens (including phenoxy) is 2. The van der Waals surface area contributed by atoms with Crippen molar-refractivity contribution < 1.29 is 28.7 Å². The molecule has 12 heteroatoms. The maximum atomic E-state index is 14.1. The number of carbonyl (C=O) groups excluding carboxylic acids is 4. The van der Waals surface area contributed by atoms with E-state index in [1.54, 1.807) is 72.8 Å². The van der Waals surface area contributed by atoms with E-state index < -0.39 is 24.0 Å². The van der Waals surface area contributed by atoms with Crippen LogP contribution < -0.4 is 25.1 Å². The van der Waals surface area contributed by atoms with Crippen LogP contribution in [-0.2, 0) is 0 Å². The standard InChI is InChI=1S/C34H30N6O6/c1-3-19-35-33(43)45-24-15-11-22(12-16-24)29-37-38-30(23-13-17-25(18-14-23)46-34(44)36-20-4-2)39(29)40-31(41)26-9-5-7-21-8-6-10-27(28(21)26)32(40)42/h5-18H,3-4,19-20H2,1-2H3,(H,35,43)(H,36,44). The third kappa shape index (κ3) is 5.75. The first-order valence-electron chi connectivity index (χ1n) is 14.9. The number of aromatic nitrogens is 3. The monoisotopic (exact) mass is 618 g/mol. The van der Waals surface area contributed by atoms with E-state index in [1.165, 1.54) is 4.68 Å². The van der Waals surface area contributed by atoms with Crippen LogP contribution in [0.5, 0.6) is 11.5 Å². The maximum Gasteiger partial charge on any atom is 0.412 e. The lowest BCUT2D eigenvalue weighted by molar-refractivity contribution is 0.0853. The fourth-order valence-corrected chi connectivity index (χ4v) is 5.11. The van der Waals surface area contributed by atoms with Gasteiger partial charge in [0.1, 0.15) is 11.5 Å². The molecule has 2 N–H and O–H groups in total. The molecule has 0 fully saturated rings. The number of hydrogen-bond donors (Lipinski definition) is 2. The molecule has 5 aromatic rings. The zero-order valence-electron chi connectivity index (χ0n) is 25.1. The van der Waals surface area contributed by atoms with E-state index in [1.807, 2.05) is 26.0 Å². The Morgan fingerprint density at radius 2 is 1.09 bits per heavy atom. The van der Waals surface area contributed by atoms with Crippen molar-refractivity contribution in [2.45, 2.75) is 26.7 Å². The fraction of sp³-hybridized carbons (Fsp3) is 0.176. The lowest BCUT2D eigenvalue weighted by Crippen LogP contribution is -2.48. The molecule has 12 nitrogen and oxygen atoms in total. The number of nitrogens with zero attached hydrogens (tertiary/aromatic N) is 4. The average molecular weight is 619 g/mol. The lowest BCUT2D eigenvalue weighted by atomic mass is 9.95. The SMILES string of the molecule is CCCNC(=O)Oc1ccc(-c2nnc(-c3ccc(OC(=O)NCCC)cc3)n2N2C(=O)c3cccc4cccc(c34)C2=O)cc1. The molecule has 1 aromatic heterocycles. The summed E-state index contributed by atoms with van der Waals surface area (Å²) in [5.41, 5.74) is 1.74. The molecule has 232 valence electrons. The second-order valence-corrected chi connectivity index (χ2v) is 10.5. The summed E-state index contributed by atoms with van der Waals surface area (Å²) in [5, 5.41) is 16.5. The number of carbonyl (C=O) groups is 4. The van der Waals surface area contributed by atoms with Gasteiger partial charge in [0.15, 0.2) is 11.6 Å². The summed E-state index contributed by atoms with van der Waals surface area (Å²) in [6.07, 6.45) is 0.381. The third-order valence-electron chi connectivity index (χ3n) is 7.28. The van der Waals surface area contributed by atoms with Gasteiger partial charge in [-0.15, -0.1) is 10.2 Å². The van der Waals surface area contributed by atoms with Crippen LogP contribution in [0.25, 0.3) is 33.5 Å². The van der Waals surface area contributed by atoms with Gasteiger partial charge >= 0.3 is 12.2 Å². The van der Waals surface area contributed by atoms with E-state index in [9.17, 15) is 19.2 Å². The minimum Gasteiger partial charge on any atom is -0.410 e. The van der Waals surface area contributed by atoms with E-state index >= 15 is 0 Å². The van der Waals surface area contributed by atoms with Gasteiger partial charge in [-0.25, -0.2) is 14.3 Å². The van der Waals surface area contributed by atoms with Crippen LogP contribution in [0.2, 0.25) is 0 Å². The minimum atomic E-state index is -0.576. The number of hydrogen-bond acceptors (Lipinski definition) is 8. The first-order chi connectivity index (χ1) is 22.4. The van der Waals surface area contributed by atoms with Crippen molar-refractivity contribution in [2.24, 2.45) is 0 Å². The summed E-state index contributed by atoms with van der Waals surface area (Å²) >= 11 is 0. The summed E-state index contributed by atoms with van der Waals surface area (Å²) in [6.45, 7) is 4.84. The first-order valence-corrected chi connectivity index (χ1v) is 14.9. The summed E-state index contributed by atoms with van der Waals surface area (Å²) in [6, 6.07) is 23.6. The summed E-state index contributed by atoms with van der Waals surface area (Å²) < 4.78 is 12.1. The van der Waals surface area contributed by atoms with Crippen LogP contribution in [0, 0.1) is 0 Å². The molecule has 46 heavy (non-hydrogen) atoms. The molecule has 0 atom stereocenters. The van der Waals surface area contributed by atoms with Gasteiger partial charge in [-0.3, -0.25) is 9.59 Å². The van der Waals surface area contributed by atoms with Gasteiger partial charge in [0.05, 0.1) is 11.1 Å². The molecule has 4 amide bonds. The molecule has 0 radical (unpaired) electrons. The molecule has 0 saturated carbocycles. The highest BCUT2D eigenvalue weighted by molar-refractivity contribution is 6.32. The predicted octanol–water partition coefficient (Wildman–Crippen LogP) is 5.69. The highest BCUT2D eigenvalue weighted by Gasteiger charge is 2.37. The molecular weight excluding hydrogens is 588 g/mol. The molecule has 1 aliphatic rings. The Morgan fingerprint density at radius 1 is 0.652 bits per heavy atom. The molecule has 0 spiro atoms. The van der Waals surface area contributed by atoms with E-state index in [0.717, 1.165) is 23.2 Å². The summed E-state index contributed by atoms with van der Waals surface area (Å²) in [7, 11) is 0. The van der Waals surface area contributed by atoms with E-state index in [4.69, 9.17) is 9.47 Å². The van der Waals surface area contributed by atoms with Crippen LogP contribution in [0.15, 0.2) is 84.9 Å². The zero-order chi connectivity index (χ0) is 32.2. The second kappa shape index (κ2) is 12.9. The third-order valence-corrected chi connectivity index (χ3v) is 7.28. The Morgan fingerprint density at radius 3 is 1.50 bits per heavy atom. The predicted molar refractivity (Wildman–Crippen MR) is 170 cm³/mol. The molecule has 4 aromatic carbocycles. The Kier molecular flexibility index (Phi) is 8.42. The van der Waals surface area contributed by atoms with E-state index in [-0.39, 0.29) is 11.6 Å². The molecular formula is C34H30N6O6. The summed E-state index contributed by atoms with van der Waals surface area (Å²) in [5.74, 6) is -0.0942. The Hall–Kier alpha value is -6.04. The zero-order valence-corrected chi connectivity index (χ0v) is 25.1. The molecule has 6 rings (SSSR count). The van der Waals surface area contributed by atoms with Crippen molar-refractivity contribution in [3.63, 3.8) is 0 Å². The van der Waals surface area contributed by atoms with Gasteiger partial charge in [-0.05, 0) is 78.9 Å². The van der Waals surface area contributed by atoms with Gasteiger partial charge < -0.3 is 20.1 Å². The number of benzene rings is 4. The van der Waals surface area contributed by atoms with Gasteiger partial charge in [0, 0.05) is 29.6 Å². The van der Waals surface area contributed by atoms with E-state index in [0.29, 0.717) is 52.2 Å². The molecule has 1 aliphatic heterocycles. The first kappa shape index (κ1) is 30.0. The topological polar surface area (TPSA) is 145 Å². The van der Waals surface area contributed by atoms with Crippen molar-refractivity contribution in [2.75, 3.05) is 18.1 Å². The Balaban J connectivity index is 1.41. The van der Waals surface area contributed by atoms with Gasteiger partial charge in [0.25, 0.3) is 11.8 Å². The molecule has 0 unspecified atom stereocenters. The van der Waals surface area contributed by atoms with Crippen molar-refractivity contribution in [3.8, 4) is 34.3 Å². The Bertz CT molecular complexity index is 1820. The number of rotatable bonds is 9.